The van der Waals surface area contributed by atoms with E-state index in [2.05, 4.69) is 9.88 Å². The van der Waals surface area contributed by atoms with Crippen LogP contribution in [-0.4, -0.2) is 48.8 Å². The van der Waals surface area contributed by atoms with Gasteiger partial charge in [0, 0.05) is 32.3 Å². The molecule has 0 radical (unpaired) electrons. The number of ether oxygens (including phenoxy) is 2. The van der Waals surface area contributed by atoms with Gasteiger partial charge >= 0.3 is 0 Å². The standard InChI is InChI=1S/C14H21FN2O2/c1-2-18-11-10-17-8-6-12(7-9-17)19-14-5-3-4-13(15)16-14/h3-5,12H,2,6-11H2,1H3. The molecule has 1 aliphatic rings. The average molecular weight is 268 g/mol. The lowest BCUT2D eigenvalue weighted by atomic mass is 10.1. The van der Waals surface area contributed by atoms with Crippen molar-refractivity contribution in [2.24, 2.45) is 0 Å². The Morgan fingerprint density at radius 2 is 2.16 bits per heavy atom. The number of halogens is 1. The van der Waals surface area contributed by atoms with Gasteiger partial charge in [0.15, 0.2) is 0 Å². The Morgan fingerprint density at radius 1 is 1.37 bits per heavy atom. The van der Waals surface area contributed by atoms with Gasteiger partial charge in [-0.25, -0.2) is 0 Å². The molecule has 2 rings (SSSR count). The summed E-state index contributed by atoms with van der Waals surface area (Å²) in [6, 6.07) is 4.64. The number of rotatable bonds is 6. The summed E-state index contributed by atoms with van der Waals surface area (Å²) in [6.45, 7) is 6.52. The quantitative estimate of drug-likeness (QED) is 0.584. The van der Waals surface area contributed by atoms with Crippen molar-refractivity contribution >= 4 is 0 Å². The van der Waals surface area contributed by atoms with Gasteiger partial charge < -0.3 is 14.4 Å². The van der Waals surface area contributed by atoms with Gasteiger partial charge in [-0.05, 0) is 25.8 Å². The molecule has 0 bridgehead atoms. The highest BCUT2D eigenvalue weighted by molar-refractivity contribution is 5.10. The zero-order valence-electron chi connectivity index (χ0n) is 11.3. The number of likely N-dealkylation sites (tertiary alicyclic amines) is 1. The molecular weight excluding hydrogens is 247 g/mol. The van der Waals surface area contributed by atoms with Gasteiger partial charge in [-0.3, -0.25) is 0 Å². The Labute approximate surface area is 113 Å². The topological polar surface area (TPSA) is 34.6 Å². The first-order chi connectivity index (χ1) is 9.28. The van der Waals surface area contributed by atoms with E-state index in [-0.39, 0.29) is 6.10 Å². The summed E-state index contributed by atoms with van der Waals surface area (Å²) < 4.78 is 24.0. The fraction of sp³-hybridized carbons (Fsp3) is 0.643. The maximum atomic E-state index is 12.9. The normalized spacial score (nSPS) is 17.6. The molecule has 1 aromatic rings. The molecule has 0 unspecified atom stereocenters. The third-order valence-electron chi connectivity index (χ3n) is 3.27. The molecule has 0 N–H and O–H groups in total. The molecule has 0 saturated carbocycles. The van der Waals surface area contributed by atoms with Crippen molar-refractivity contribution in [3.63, 3.8) is 0 Å². The summed E-state index contributed by atoms with van der Waals surface area (Å²) in [7, 11) is 0. The molecule has 1 saturated heterocycles. The van der Waals surface area contributed by atoms with Crippen LogP contribution in [0.25, 0.3) is 0 Å². The van der Waals surface area contributed by atoms with Crippen LogP contribution < -0.4 is 4.74 Å². The van der Waals surface area contributed by atoms with Crippen LogP contribution in [0.3, 0.4) is 0 Å². The monoisotopic (exact) mass is 268 g/mol. The van der Waals surface area contributed by atoms with E-state index in [1.165, 1.54) is 6.07 Å². The Morgan fingerprint density at radius 3 is 2.84 bits per heavy atom. The number of piperidine rings is 1. The van der Waals surface area contributed by atoms with Crippen LogP contribution in [0.4, 0.5) is 4.39 Å². The van der Waals surface area contributed by atoms with Gasteiger partial charge in [-0.1, -0.05) is 6.07 Å². The predicted octanol–water partition coefficient (Wildman–Crippen LogP) is 2.10. The summed E-state index contributed by atoms with van der Waals surface area (Å²) in [5.74, 6) is -0.112. The molecule has 4 nitrogen and oxygen atoms in total. The van der Waals surface area contributed by atoms with Crippen molar-refractivity contribution in [1.82, 2.24) is 9.88 Å². The van der Waals surface area contributed by atoms with E-state index in [1.54, 1.807) is 12.1 Å². The van der Waals surface area contributed by atoms with Gasteiger partial charge in [0.2, 0.25) is 11.8 Å². The molecule has 19 heavy (non-hydrogen) atoms. The van der Waals surface area contributed by atoms with Crippen LogP contribution in [-0.2, 0) is 4.74 Å². The van der Waals surface area contributed by atoms with Gasteiger partial charge in [-0.15, -0.1) is 0 Å². The number of nitrogens with zero attached hydrogens (tertiary/aromatic N) is 2. The van der Waals surface area contributed by atoms with Crippen LogP contribution in [0.5, 0.6) is 5.88 Å². The Kier molecular flexibility index (Phi) is 5.54. The van der Waals surface area contributed by atoms with Crippen LogP contribution in [0.1, 0.15) is 19.8 Å². The Bertz CT molecular complexity index is 381. The first-order valence-electron chi connectivity index (χ1n) is 6.87. The molecule has 106 valence electrons. The lowest BCUT2D eigenvalue weighted by Crippen LogP contribution is -2.39. The maximum absolute atomic E-state index is 12.9. The van der Waals surface area contributed by atoms with Crippen molar-refractivity contribution < 1.29 is 13.9 Å². The summed E-state index contributed by atoms with van der Waals surface area (Å²) in [5.41, 5.74) is 0. The molecule has 1 aromatic heterocycles. The SMILES string of the molecule is CCOCCN1CCC(Oc2cccc(F)n2)CC1. The molecule has 0 amide bonds. The fourth-order valence-corrected chi connectivity index (χ4v) is 2.21. The van der Waals surface area contributed by atoms with Gasteiger partial charge in [0.1, 0.15) is 6.10 Å². The zero-order valence-corrected chi connectivity index (χ0v) is 11.3. The van der Waals surface area contributed by atoms with Crippen LogP contribution in [0.2, 0.25) is 0 Å². The molecule has 1 aliphatic heterocycles. The second kappa shape index (κ2) is 7.40. The minimum absolute atomic E-state index is 0.137. The van der Waals surface area contributed by atoms with Gasteiger partial charge in [0.25, 0.3) is 0 Å². The minimum atomic E-state index is -0.494. The highest BCUT2D eigenvalue weighted by Crippen LogP contribution is 2.17. The summed E-state index contributed by atoms with van der Waals surface area (Å²) in [4.78, 5) is 6.09. The molecule has 1 fully saturated rings. The van der Waals surface area contributed by atoms with Crippen LogP contribution in [0, 0.1) is 5.95 Å². The van der Waals surface area contributed by atoms with Crippen molar-refractivity contribution in [2.75, 3.05) is 32.8 Å². The van der Waals surface area contributed by atoms with Gasteiger partial charge in [-0.2, -0.15) is 9.37 Å². The largest absolute Gasteiger partial charge is 0.474 e. The summed E-state index contributed by atoms with van der Waals surface area (Å²) >= 11 is 0. The predicted molar refractivity (Wildman–Crippen MR) is 70.8 cm³/mol. The highest BCUT2D eigenvalue weighted by Gasteiger charge is 2.20. The minimum Gasteiger partial charge on any atom is -0.474 e. The first kappa shape index (κ1) is 14.2. The second-order valence-corrected chi connectivity index (χ2v) is 4.65. The van der Waals surface area contributed by atoms with Crippen molar-refractivity contribution in [3.05, 3.63) is 24.1 Å². The molecule has 0 aromatic carbocycles. The van der Waals surface area contributed by atoms with E-state index in [0.717, 1.165) is 45.7 Å². The molecule has 0 spiro atoms. The summed E-state index contributed by atoms with van der Waals surface area (Å²) in [5, 5.41) is 0. The molecule has 0 atom stereocenters. The van der Waals surface area contributed by atoms with Crippen LogP contribution >= 0.6 is 0 Å². The molecule has 5 heteroatoms. The molecular formula is C14H21FN2O2. The molecule has 0 aliphatic carbocycles. The molecule has 2 heterocycles. The van der Waals surface area contributed by atoms with E-state index in [4.69, 9.17) is 9.47 Å². The highest BCUT2D eigenvalue weighted by atomic mass is 19.1. The maximum Gasteiger partial charge on any atom is 0.216 e. The fourth-order valence-electron chi connectivity index (χ4n) is 2.21. The van der Waals surface area contributed by atoms with Gasteiger partial charge in [0.05, 0.1) is 6.61 Å². The lowest BCUT2D eigenvalue weighted by Gasteiger charge is -2.31. The lowest BCUT2D eigenvalue weighted by molar-refractivity contribution is 0.0669. The van der Waals surface area contributed by atoms with Crippen molar-refractivity contribution in [1.29, 1.82) is 0 Å². The van der Waals surface area contributed by atoms with E-state index < -0.39 is 5.95 Å². The van der Waals surface area contributed by atoms with Crippen molar-refractivity contribution in [3.8, 4) is 5.88 Å². The first-order valence-corrected chi connectivity index (χ1v) is 6.87. The number of aromatic nitrogens is 1. The number of hydrogen-bond acceptors (Lipinski definition) is 4. The third-order valence-corrected chi connectivity index (χ3v) is 3.27. The number of hydrogen-bond donors (Lipinski definition) is 0. The smallest absolute Gasteiger partial charge is 0.216 e. The van der Waals surface area contributed by atoms with Crippen LogP contribution in [0.15, 0.2) is 18.2 Å². The van der Waals surface area contributed by atoms with Crippen molar-refractivity contribution in [2.45, 2.75) is 25.9 Å². The summed E-state index contributed by atoms with van der Waals surface area (Å²) in [6.07, 6.45) is 2.03. The van der Waals surface area contributed by atoms with E-state index in [1.807, 2.05) is 6.92 Å². The number of pyridine rings is 1. The van der Waals surface area contributed by atoms with E-state index in [0.29, 0.717) is 5.88 Å². The Hall–Kier alpha value is -1.20. The van der Waals surface area contributed by atoms with E-state index in [9.17, 15) is 4.39 Å². The average Bonchev–Trinajstić information content (AvgIpc) is 2.41. The van der Waals surface area contributed by atoms with E-state index >= 15 is 0 Å². The second-order valence-electron chi connectivity index (χ2n) is 4.65. The zero-order chi connectivity index (χ0) is 13.5. The third kappa shape index (κ3) is 4.76. The Balaban J connectivity index is 1.71.